The van der Waals surface area contributed by atoms with Crippen LogP contribution in [0.15, 0.2) is 47.5 Å². The van der Waals surface area contributed by atoms with Crippen molar-refractivity contribution in [1.29, 1.82) is 0 Å². The van der Waals surface area contributed by atoms with E-state index in [-0.39, 0.29) is 18.6 Å². The average Bonchev–Trinajstić information content (AvgIpc) is 3.30. The molecule has 2 aromatic rings. The fourth-order valence-corrected chi connectivity index (χ4v) is 3.25. The van der Waals surface area contributed by atoms with E-state index >= 15 is 0 Å². The lowest BCUT2D eigenvalue weighted by Gasteiger charge is -2.16. The predicted molar refractivity (Wildman–Crippen MR) is 127 cm³/mol. The molecule has 3 rings (SSSR count). The minimum atomic E-state index is -0.189. The first-order valence-corrected chi connectivity index (χ1v) is 10.8. The van der Waals surface area contributed by atoms with E-state index in [1.54, 1.807) is 12.1 Å². The Hall–Kier alpha value is -3.50. The van der Waals surface area contributed by atoms with Gasteiger partial charge in [0.25, 0.3) is 0 Å². The first-order chi connectivity index (χ1) is 15.6. The Balaban J connectivity index is 1.61. The van der Waals surface area contributed by atoms with Gasteiger partial charge in [-0.1, -0.05) is 24.1 Å². The number of benzene rings is 2. The number of ether oxygens (including phenoxy) is 2. The van der Waals surface area contributed by atoms with Gasteiger partial charge in [0.2, 0.25) is 5.91 Å². The number of hydrogen-bond donors (Lipinski definition) is 3. The molecule has 0 aromatic heterocycles. The normalized spacial score (nSPS) is 15.7. The molecule has 0 spiro atoms. The van der Waals surface area contributed by atoms with Gasteiger partial charge < -0.3 is 25.4 Å². The predicted octanol–water partition coefficient (Wildman–Crippen LogP) is 2.84. The van der Waals surface area contributed by atoms with Gasteiger partial charge in [-0.25, -0.2) is 4.99 Å². The summed E-state index contributed by atoms with van der Waals surface area (Å²) in [6.07, 6.45) is 6.37. The number of aryl methyl sites for hydroxylation is 1. The number of terminal acetylenes is 1. The lowest BCUT2D eigenvalue weighted by molar-refractivity contribution is -0.115. The molecule has 1 aliphatic rings. The number of carbonyl (C=O) groups excluding carboxylic acids is 1. The van der Waals surface area contributed by atoms with Crippen LogP contribution in [0.4, 0.5) is 5.69 Å². The van der Waals surface area contributed by atoms with E-state index in [1.165, 1.54) is 0 Å². The van der Waals surface area contributed by atoms with Crippen molar-refractivity contribution in [1.82, 2.24) is 10.6 Å². The molecule has 0 bridgehead atoms. The number of rotatable bonds is 8. The van der Waals surface area contributed by atoms with Crippen molar-refractivity contribution in [3.05, 3.63) is 59.2 Å². The largest absolute Gasteiger partial charge is 0.488 e. The number of nitrogens with zero attached hydrogens (tertiary/aromatic N) is 1. The maximum absolute atomic E-state index is 12.3. The second-order valence-electron chi connectivity index (χ2n) is 7.54. The molecule has 2 aromatic carbocycles. The quantitative estimate of drug-likeness (QED) is 0.338. The highest BCUT2D eigenvalue weighted by Crippen LogP contribution is 2.24. The fraction of sp³-hybridized carbons (Fsp3) is 0.360. The van der Waals surface area contributed by atoms with Crippen LogP contribution < -0.4 is 20.7 Å². The van der Waals surface area contributed by atoms with Gasteiger partial charge in [-0.15, -0.1) is 6.42 Å². The third kappa shape index (κ3) is 7.03. The number of aliphatic imine (C=N–C) groups is 1. The van der Waals surface area contributed by atoms with Crippen molar-refractivity contribution in [2.45, 2.75) is 32.9 Å². The first kappa shape index (κ1) is 23.2. The van der Waals surface area contributed by atoms with E-state index < -0.39 is 0 Å². The third-order valence-corrected chi connectivity index (χ3v) is 4.89. The van der Waals surface area contributed by atoms with E-state index in [1.807, 2.05) is 44.2 Å². The van der Waals surface area contributed by atoms with E-state index in [0.29, 0.717) is 36.9 Å². The highest BCUT2D eigenvalue weighted by atomic mass is 16.5. The molecule has 168 valence electrons. The van der Waals surface area contributed by atoms with Crippen LogP contribution in [0.5, 0.6) is 5.75 Å². The molecule has 1 atom stereocenters. The van der Waals surface area contributed by atoms with Crippen molar-refractivity contribution in [3.8, 4) is 18.1 Å². The van der Waals surface area contributed by atoms with Crippen molar-refractivity contribution in [2.75, 3.05) is 31.6 Å². The van der Waals surface area contributed by atoms with Crippen molar-refractivity contribution in [3.63, 3.8) is 0 Å². The maximum Gasteiger partial charge on any atom is 0.243 e. The van der Waals surface area contributed by atoms with Gasteiger partial charge >= 0.3 is 0 Å². The van der Waals surface area contributed by atoms with Crippen LogP contribution in [0.25, 0.3) is 0 Å². The van der Waals surface area contributed by atoms with Crippen LogP contribution >= 0.6 is 0 Å². The Morgan fingerprint density at radius 2 is 2.16 bits per heavy atom. The molecule has 0 aliphatic carbocycles. The van der Waals surface area contributed by atoms with Gasteiger partial charge in [-0.2, -0.15) is 0 Å². The summed E-state index contributed by atoms with van der Waals surface area (Å²) in [5, 5.41) is 9.07. The number of anilines is 1. The number of carbonyl (C=O) groups is 1. The topological polar surface area (TPSA) is 84.0 Å². The first-order valence-electron chi connectivity index (χ1n) is 10.8. The molecule has 3 N–H and O–H groups in total. The zero-order valence-corrected chi connectivity index (χ0v) is 18.6. The van der Waals surface area contributed by atoms with Gasteiger partial charge in [-0.05, 0) is 43.7 Å². The van der Waals surface area contributed by atoms with E-state index in [2.05, 4.69) is 26.9 Å². The van der Waals surface area contributed by atoms with Gasteiger partial charge in [0.1, 0.15) is 11.9 Å². The molecule has 1 saturated heterocycles. The molecule has 7 nitrogen and oxygen atoms in total. The molecule has 1 heterocycles. The molecule has 1 fully saturated rings. The van der Waals surface area contributed by atoms with Gasteiger partial charge in [0, 0.05) is 29.8 Å². The second kappa shape index (κ2) is 11.8. The minimum Gasteiger partial charge on any atom is -0.488 e. The van der Waals surface area contributed by atoms with Gasteiger partial charge in [0.15, 0.2) is 5.96 Å². The van der Waals surface area contributed by atoms with E-state index in [0.717, 1.165) is 29.9 Å². The van der Waals surface area contributed by atoms with Crippen molar-refractivity contribution in [2.24, 2.45) is 4.99 Å². The highest BCUT2D eigenvalue weighted by molar-refractivity contribution is 5.95. The summed E-state index contributed by atoms with van der Waals surface area (Å²) in [5.74, 6) is 3.74. The molecule has 0 radical (unpaired) electrons. The molecule has 32 heavy (non-hydrogen) atoms. The van der Waals surface area contributed by atoms with Crippen LogP contribution in [0, 0.1) is 19.3 Å². The molecular weight excluding hydrogens is 404 g/mol. The van der Waals surface area contributed by atoms with Crippen molar-refractivity contribution >= 4 is 17.6 Å². The van der Waals surface area contributed by atoms with Crippen molar-refractivity contribution < 1.29 is 14.3 Å². The molecule has 1 amide bonds. The minimum absolute atomic E-state index is 0.0718. The molecule has 1 unspecified atom stereocenters. The highest BCUT2D eigenvalue weighted by Gasteiger charge is 2.18. The lowest BCUT2D eigenvalue weighted by Crippen LogP contribution is -2.41. The Labute approximate surface area is 189 Å². The number of hydrogen-bond acceptors (Lipinski definition) is 4. The maximum atomic E-state index is 12.3. The average molecular weight is 435 g/mol. The van der Waals surface area contributed by atoms with Crippen LogP contribution in [0.1, 0.15) is 30.0 Å². The summed E-state index contributed by atoms with van der Waals surface area (Å²) < 4.78 is 11.6. The summed E-state index contributed by atoms with van der Waals surface area (Å²) in [6.45, 7) is 6.52. The molecular formula is C25H30N4O3. The van der Waals surface area contributed by atoms with Gasteiger partial charge in [0.05, 0.1) is 26.3 Å². The molecule has 7 heteroatoms. The van der Waals surface area contributed by atoms with Crippen LogP contribution in [-0.4, -0.2) is 44.3 Å². The Bertz CT molecular complexity index is 991. The second-order valence-corrected chi connectivity index (χ2v) is 7.54. The standard InChI is InChI=1S/C25H30N4O3/c1-4-19-7-6-8-21(14-19)29-24(30)16-28-25(26-5-2)27-15-20-10-9-18(3)13-23(20)32-22-11-12-31-17-22/h1,6-10,13-14,22H,5,11-12,15-17H2,2-3H3,(H,29,30)(H2,26,27,28). The monoisotopic (exact) mass is 434 g/mol. The Morgan fingerprint density at radius 3 is 2.91 bits per heavy atom. The van der Waals surface area contributed by atoms with E-state index in [9.17, 15) is 4.79 Å². The number of guanidine groups is 1. The smallest absolute Gasteiger partial charge is 0.243 e. The number of amides is 1. The Morgan fingerprint density at radius 1 is 1.28 bits per heavy atom. The summed E-state index contributed by atoms with van der Waals surface area (Å²) in [6, 6.07) is 13.3. The van der Waals surface area contributed by atoms with Crippen LogP contribution in [0.3, 0.4) is 0 Å². The fourth-order valence-electron chi connectivity index (χ4n) is 3.25. The zero-order chi connectivity index (χ0) is 22.8. The van der Waals surface area contributed by atoms with E-state index in [4.69, 9.17) is 15.9 Å². The lowest BCUT2D eigenvalue weighted by atomic mass is 10.1. The summed E-state index contributed by atoms with van der Waals surface area (Å²) in [4.78, 5) is 17.0. The summed E-state index contributed by atoms with van der Waals surface area (Å²) >= 11 is 0. The zero-order valence-electron chi connectivity index (χ0n) is 18.6. The third-order valence-electron chi connectivity index (χ3n) is 4.89. The molecule has 0 saturated carbocycles. The number of nitrogens with one attached hydrogen (secondary N) is 3. The van der Waals surface area contributed by atoms with Gasteiger partial charge in [-0.3, -0.25) is 4.79 Å². The summed E-state index contributed by atoms with van der Waals surface area (Å²) in [7, 11) is 0. The van der Waals surface area contributed by atoms with Crippen LogP contribution in [0.2, 0.25) is 0 Å². The molecule has 1 aliphatic heterocycles. The Kier molecular flexibility index (Phi) is 8.52. The SMILES string of the molecule is C#Cc1cccc(NC(=O)CNC(=NCc2ccc(C)cc2OC2CCOC2)NCC)c1. The summed E-state index contributed by atoms with van der Waals surface area (Å²) in [5.41, 5.74) is 3.48. The van der Waals surface area contributed by atoms with Crippen LogP contribution in [-0.2, 0) is 16.1 Å².